The Morgan fingerprint density at radius 1 is 1.52 bits per heavy atom. The lowest BCUT2D eigenvalue weighted by Gasteiger charge is -2.00. The number of aliphatic imine (C=N–C) groups is 2. The molecule has 0 amide bonds. The first kappa shape index (κ1) is 16.7. The first-order valence-electron chi connectivity index (χ1n) is 6.69. The van der Waals surface area contributed by atoms with Gasteiger partial charge < -0.3 is 19.6 Å². The highest BCUT2D eigenvalue weighted by atomic mass is 16.5. The highest BCUT2D eigenvalue weighted by molar-refractivity contribution is 5.89. The molecule has 7 nitrogen and oxygen atoms in total. The average molecular weight is 292 g/mol. The minimum Gasteiger partial charge on any atom is -0.464 e. The Morgan fingerprint density at radius 2 is 2.29 bits per heavy atom. The Hall–Kier alpha value is -2.31. The molecule has 114 valence electrons. The van der Waals surface area contributed by atoms with Crippen molar-refractivity contribution in [1.82, 2.24) is 4.98 Å². The fraction of sp³-hybridized carbons (Fsp3) is 0.500. The van der Waals surface area contributed by atoms with Crippen LogP contribution in [0, 0.1) is 5.41 Å². The van der Waals surface area contributed by atoms with Gasteiger partial charge in [0.25, 0.3) is 0 Å². The number of carbonyl (C=O) groups is 1. The maximum Gasteiger partial charge on any atom is 0.360 e. The van der Waals surface area contributed by atoms with Crippen molar-refractivity contribution in [2.24, 2.45) is 9.98 Å². The summed E-state index contributed by atoms with van der Waals surface area (Å²) in [5, 5.41) is 7.38. The third-order valence-electron chi connectivity index (χ3n) is 2.75. The van der Waals surface area contributed by atoms with Gasteiger partial charge in [0.1, 0.15) is 12.2 Å². The first-order chi connectivity index (χ1) is 10.2. The summed E-state index contributed by atoms with van der Waals surface area (Å²) >= 11 is 0. The Bertz CT molecular complexity index is 496. The van der Waals surface area contributed by atoms with Crippen molar-refractivity contribution in [3.8, 4) is 0 Å². The number of esters is 1. The molecule has 0 aliphatic heterocycles. The van der Waals surface area contributed by atoms with Gasteiger partial charge in [-0.1, -0.05) is 0 Å². The standard InChI is InChI=1S/C14H20N4O3/c1-16-6-4-3-5-7-17-9-11(8-15)13-18-12(10-21-13)14(19)20-2/h8-11,15H,1,3-7H2,2H3. The molecule has 0 saturated carbocycles. The summed E-state index contributed by atoms with van der Waals surface area (Å²) in [5.74, 6) is -0.787. The molecule has 21 heavy (non-hydrogen) atoms. The lowest BCUT2D eigenvalue weighted by molar-refractivity contribution is 0.0594. The van der Waals surface area contributed by atoms with Crippen molar-refractivity contribution in [1.29, 1.82) is 5.41 Å². The van der Waals surface area contributed by atoms with Gasteiger partial charge in [-0.25, -0.2) is 9.78 Å². The average Bonchev–Trinajstić information content (AvgIpc) is 2.99. The summed E-state index contributed by atoms with van der Waals surface area (Å²) in [6.45, 7) is 4.88. The van der Waals surface area contributed by atoms with Gasteiger partial charge in [0.2, 0.25) is 5.89 Å². The van der Waals surface area contributed by atoms with Gasteiger partial charge in [0, 0.05) is 25.5 Å². The summed E-state index contributed by atoms with van der Waals surface area (Å²) in [5.41, 5.74) is 0.0877. The monoisotopic (exact) mass is 292 g/mol. The van der Waals surface area contributed by atoms with Crippen molar-refractivity contribution >= 4 is 25.1 Å². The number of oxazole rings is 1. The molecule has 1 aromatic rings. The van der Waals surface area contributed by atoms with E-state index in [4.69, 9.17) is 9.83 Å². The van der Waals surface area contributed by atoms with Crippen LogP contribution in [0.2, 0.25) is 0 Å². The van der Waals surface area contributed by atoms with Crippen molar-refractivity contribution < 1.29 is 13.9 Å². The molecule has 0 aliphatic carbocycles. The number of carbonyl (C=O) groups excluding carboxylic acids is 1. The second-order valence-corrected chi connectivity index (χ2v) is 4.32. The minimum atomic E-state index is -0.568. The van der Waals surface area contributed by atoms with Gasteiger partial charge in [-0.2, -0.15) is 0 Å². The predicted molar refractivity (Wildman–Crippen MR) is 81.0 cm³/mol. The van der Waals surface area contributed by atoms with E-state index in [-0.39, 0.29) is 11.6 Å². The van der Waals surface area contributed by atoms with E-state index >= 15 is 0 Å². The summed E-state index contributed by atoms with van der Waals surface area (Å²) in [7, 11) is 1.27. The number of methoxy groups -OCH3 is 1. The Kier molecular flexibility index (Phi) is 7.63. The third kappa shape index (κ3) is 5.68. The highest BCUT2D eigenvalue weighted by Crippen LogP contribution is 2.12. The van der Waals surface area contributed by atoms with Crippen LogP contribution in [-0.4, -0.2) is 50.3 Å². The van der Waals surface area contributed by atoms with Crippen molar-refractivity contribution in [2.75, 3.05) is 20.2 Å². The normalized spacial score (nSPS) is 12.2. The third-order valence-corrected chi connectivity index (χ3v) is 2.75. The molecule has 1 rings (SSSR count). The lowest BCUT2D eigenvalue weighted by Crippen LogP contribution is -2.05. The number of ether oxygens (including phenoxy) is 1. The summed E-state index contributed by atoms with van der Waals surface area (Å²) in [6.07, 6.45) is 6.99. The number of aromatic nitrogens is 1. The van der Waals surface area contributed by atoms with Crippen LogP contribution in [0.4, 0.5) is 0 Å². The van der Waals surface area contributed by atoms with E-state index in [1.165, 1.54) is 13.4 Å². The van der Waals surface area contributed by atoms with Crippen LogP contribution < -0.4 is 0 Å². The van der Waals surface area contributed by atoms with Crippen LogP contribution in [-0.2, 0) is 4.74 Å². The molecule has 0 bridgehead atoms. The van der Waals surface area contributed by atoms with Gasteiger partial charge in [0.05, 0.1) is 7.11 Å². The van der Waals surface area contributed by atoms with E-state index in [2.05, 4.69) is 26.4 Å². The quantitative estimate of drug-likeness (QED) is 0.405. The van der Waals surface area contributed by atoms with E-state index in [1.54, 1.807) is 6.21 Å². The molecule has 1 unspecified atom stereocenters. The number of unbranched alkanes of at least 4 members (excludes halogenated alkanes) is 2. The first-order valence-corrected chi connectivity index (χ1v) is 6.69. The second-order valence-electron chi connectivity index (χ2n) is 4.32. The number of nitrogens with zero attached hydrogens (tertiary/aromatic N) is 3. The SMILES string of the molecule is C=NCCCCCN=CC(C=N)c1nc(C(=O)OC)co1. The zero-order valence-electron chi connectivity index (χ0n) is 12.1. The lowest BCUT2D eigenvalue weighted by atomic mass is 10.2. The molecule has 1 aromatic heterocycles. The molecular formula is C14H20N4O3. The van der Waals surface area contributed by atoms with Crippen LogP contribution >= 0.6 is 0 Å². The van der Waals surface area contributed by atoms with Crippen LogP contribution in [0.5, 0.6) is 0 Å². The zero-order chi connectivity index (χ0) is 15.5. The van der Waals surface area contributed by atoms with Gasteiger partial charge in [-0.05, 0) is 26.0 Å². The molecule has 0 aliphatic rings. The molecular weight excluding hydrogens is 272 g/mol. The van der Waals surface area contributed by atoms with Crippen LogP contribution in [0.3, 0.4) is 0 Å². The topological polar surface area (TPSA) is 101 Å². The van der Waals surface area contributed by atoms with Gasteiger partial charge in [-0.15, -0.1) is 0 Å². The zero-order valence-corrected chi connectivity index (χ0v) is 12.1. The fourth-order valence-electron chi connectivity index (χ4n) is 1.61. The smallest absolute Gasteiger partial charge is 0.360 e. The van der Waals surface area contributed by atoms with Crippen molar-refractivity contribution in [2.45, 2.75) is 25.2 Å². The largest absolute Gasteiger partial charge is 0.464 e. The molecule has 0 radical (unpaired) electrons. The summed E-state index contributed by atoms with van der Waals surface area (Å²) in [6, 6.07) is 0. The maximum atomic E-state index is 11.3. The summed E-state index contributed by atoms with van der Waals surface area (Å²) < 4.78 is 9.72. The molecule has 1 N–H and O–H groups in total. The number of hydrogen-bond acceptors (Lipinski definition) is 7. The molecule has 1 heterocycles. The van der Waals surface area contributed by atoms with Crippen molar-refractivity contribution in [3.63, 3.8) is 0 Å². The molecule has 0 fully saturated rings. The van der Waals surface area contributed by atoms with Crippen LogP contribution in [0.15, 0.2) is 20.7 Å². The second kappa shape index (κ2) is 9.57. The number of nitrogens with one attached hydrogen (secondary N) is 1. The van der Waals surface area contributed by atoms with Gasteiger partial charge in [0.15, 0.2) is 5.69 Å². The Labute approximate surface area is 123 Å². The number of rotatable bonds is 10. The summed E-state index contributed by atoms with van der Waals surface area (Å²) in [4.78, 5) is 23.3. The van der Waals surface area contributed by atoms with E-state index in [1.807, 2.05) is 0 Å². The molecule has 1 atom stereocenters. The molecule has 0 aromatic carbocycles. The molecule has 0 saturated heterocycles. The van der Waals surface area contributed by atoms with E-state index < -0.39 is 11.9 Å². The van der Waals surface area contributed by atoms with Crippen LogP contribution in [0.25, 0.3) is 0 Å². The van der Waals surface area contributed by atoms with Crippen molar-refractivity contribution in [3.05, 3.63) is 17.8 Å². The highest BCUT2D eigenvalue weighted by Gasteiger charge is 2.17. The minimum absolute atomic E-state index is 0.0877. The van der Waals surface area contributed by atoms with Gasteiger partial charge >= 0.3 is 5.97 Å². The van der Waals surface area contributed by atoms with E-state index in [9.17, 15) is 4.79 Å². The predicted octanol–water partition coefficient (Wildman–Crippen LogP) is 2.14. The van der Waals surface area contributed by atoms with E-state index in [0.717, 1.165) is 32.0 Å². The van der Waals surface area contributed by atoms with Crippen LogP contribution in [0.1, 0.15) is 41.6 Å². The number of hydrogen-bond donors (Lipinski definition) is 1. The fourth-order valence-corrected chi connectivity index (χ4v) is 1.61. The maximum absolute atomic E-state index is 11.3. The Balaban J connectivity index is 2.47. The van der Waals surface area contributed by atoms with Gasteiger partial charge in [-0.3, -0.25) is 4.99 Å². The molecule has 7 heteroatoms. The van der Waals surface area contributed by atoms with E-state index in [0.29, 0.717) is 6.54 Å². The Morgan fingerprint density at radius 3 is 2.95 bits per heavy atom. The molecule has 0 spiro atoms.